The minimum Gasteiger partial charge on any atom is -0.387 e. The number of nitrogens with zero attached hydrogens (tertiary/aromatic N) is 1. The van der Waals surface area contributed by atoms with Gasteiger partial charge in [-0.3, -0.25) is 9.78 Å². The van der Waals surface area contributed by atoms with Gasteiger partial charge in [-0.25, -0.2) is 0 Å². The molecule has 1 aromatic carbocycles. The van der Waals surface area contributed by atoms with Crippen LogP contribution in [0.2, 0.25) is 0 Å². The molecule has 0 aliphatic heterocycles. The van der Waals surface area contributed by atoms with Crippen LogP contribution in [-0.2, 0) is 17.6 Å². The zero-order valence-corrected chi connectivity index (χ0v) is 12.8. The van der Waals surface area contributed by atoms with Gasteiger partial charge < -0.3 is 10.4 Å². The molecule has 1 heterocycles. The van der Waals surface area contributed by atoms with Crippen LogP contribution >= 0.6 is 0 Å². The van der Waals surface area contributed by atoms with Crippen molar-refractivity contribution in [1.29, 1.82) is 0 Å². The van der Waals surface area contributed by atoms with Crippen LogP contribution in [0.25, 0.3) is 0 Å². The Labute approximate surface area is 131 Å². The number of rotatable bonds is 7. The van der Waals surface area contributed by atoms with E-state index in [2.05, 4.69) is 41.5 Å². The summed E-state index contributed by atoms with van der Waals surface area (Å²) in [6.45, 7) is 2.34. The molecule has 1 aromatic heterocycles. The Bertz CT molecular complexity index is 582. The number of benzene rings is 1. The number of carbonyl (C=O) groups excluding carboxylic acids is 1. The maximum atomic E-state index is 11.8. The molecule has 0 bridgehead atoms. The SMILES string of the molecule is CCc1ccc(CCC(=O)NC[C@@H](O)c2ccncc2)cc1. The number of hydrogen-bond acceptors (Lipinski definition) is 3. The molecule has 0 radical (unpaired) electrons. The average Bonchev–Trinajstić information content (AvgIpc) is 2.59. The van der Waals surface area contributed by atoms with Gasteiger partial charge in [-0.15, -0.1) is 0 Å². The summed E-state index contributed by atoms with van der Waals surface area (Å²) in [5, 5.41) is 12.7. The van der Waals surface area contributed by atoms with E-state index in [1.54, 1.807) is 24.5 Å². The Morgan fingerprint density at radius 1 is 1.14 bits per heavy atom. The average molecular weight is 298 g/mol. The number of amides is 1. The quantitative estimate of drug-likeness (QED) is 0.825. The van der Waals surface area contributed by atoms with E-state index in [1.165, 1.54) is 5.56 Å². The fourth-order valence-corrected chi connectivity index (χ4v) is 2.20. The van der Waals surface area contributed by atoms with Crippen LogP contribution in [0.5, 0.6) is 0 Å². The van der Waals surface area contributed by atoms with Crippen molar-refractivity contribution in [3.8, 4) is 0 Å². The second kappa shape index (κ2) is 8.29. The zero-order chi connectivity index (χ0) is 15.8. The third-order valence-electron chi connectivity index (χ3n) is 3.66. The van der Waals surface area contributed by atoms with E-state index < -0.39 is 6.10 Å². The van der Waals surface area contributed by atoms with Gasteiger partial charge in [0.2, 0.25) is 5.91 Å². The van der Waals surface area contributed by atoms with E-state index in [0.29, 0.717) is 12.8 Å². The molecular weight excluding hydrogens is 276 g/mol. The lowest BCUT2D eigenvalue weighted by atomic mass is 10.1. The fraction of sp³-hybridized carbons (Fsp3) is 0.333. The molecule has 0 unspecified atom stereocenters. The molecule has 0 spiro atoms. The molecule has 22 heavy (non-hydrogen) atoms. The highest BCUT2D eigenvalue weighted by molar-refractivity contribution is 5.76. The Morgan fingerprint density at radius 2 is 1.77 bits per heavy atom. The largest absolute Gasteiger partial charge is 0.387 e. The number of nitrogens with one attached hydrogen (secondary N) is 1. The van der Waals surface area contributed by atoms with Gasteiger partial charge in [0, 0.05) is 25.4 Å². The van der Waals surface area contributed by atoms with Gasteiger partial charge in [-0.1, -0.05) is 31.2 Å². The molecule has 2 N–H and O–H groups in total. The Hall–Kier alpha value is -2.20. The van der Waals surface area contributed by atoms with Gasteiger partial charge in [-0.2, -0.15) is 0 Å². The van der Waals surface area contributed by atoms with Gasteiger partial charge in [0.1, 0.15) is 0 Å². The van der Waals surface area contributed by atoms with E-state index in [0.717, 1.165) is 17.5 Å². The molecule has 116 valence electrons. The van der Waals surface area contributed by atoms with Crippen LogP contribution in [0, 0.1) is 0 Å². The molecule has 0 saturated carbocycles. The van der Waals surface area contributed by atoms with Crippen molar-refractivity contribution in [3.63, 3.8) is 0 Å². The van der Waals surface area contributed by atoms with Crippen molar-refractivity contribution in [2.24, 2.45) is 0 Å². The van der Waals surface area contributed by atoms with E-state index in [4.69, 9.17) is 0 Å². The highest BCUT2D eigenvalue weighted by Crippen LogP contribution is 2.10. The molecule has 0 saturated heterocycles. The van der Waals surface area contributed by atoms with E-state index >= 15 is 0 Å². The number of aromatic nitrogens is 1. The van der Waals surface area contributed by atoms with Crippen LogP contribution in [-0.4, -0.2) is 22.5 Å². The van der Waals surface area contributed by atoms with Gasteiger partial charge in [0.25, 0.3) is 0 Å². The second-order valence-electron chi connectivity index (χ2n) is 5.27. The first-order chi connectivity index (χ1) is 10.7. The third kappa shape index (κ3) is 4.97. The van der Waals surface area contributed by atoms with E-state index in [1.807, 2.05) is 0 Å². The number of carbonyl (C=O) groups is 1. The fourth-order valence-electron chi connectivity index (χ4n) is 2.20. The van der Waals surface area contributed by atoms with Crippen LogP contribution in [0.15, 0.2) is 48.8 Å². The molecule has 0 aliphatic carbocycles. The lowest BCUT2D eigenvalue weighted by Crippen LogP contribution is -2.28. The van der Waals surface area contributed by atoms with Crippen molar-refractivity contribution in [2.75, 3.05) is 6.54 Å². The Balaban J connectivity index is 1.73. The van der Waals surface area contributed by atoms with E-state index in [9.17, 15) is 9.90 Å². The molecule has 0 aliphatic rings. The summed E-state index contributed by atoms with van der Waals surface area (Å²) in [5.41, 5.74) is 3.21. The van der Waals surface area contributed by atoms with Crippen molar-refractivity contribution in [1.82, 2.24) is 10.3 Å². The zero-order valence-electron chi connectivity index (χ0n) is 12.8. The minimum atomic E-state index is -0.698. The monoisotopic (exact) mass is 298 g/mol. The summed E-state index contributed by atoms with van der Waals surface area (Å²) >= 11 is 0. The normalized spacial score (nSPS) is 11.9. The van der Waals surface area contributed by atoms with Crippen molar-refractivity contribution in [2.45, 2.75) is 32.3 Å². The molecule has 4 nitrogen and oxygen atoms in total. The first-order valence-electron chi connectivity index (χ1n) is 7.61. The summed E-state index contributed by atoms with van der Waals surface area (Å²) in [6, 6.07) is 11.8. The van der Waals surface area contributed by atoms with Crippen molar-refractivity contribution < 1.29 is 9.90 Å². The lowest BCUT2D eigenvalue weighted by Gasteiger charge is -2.12. The lowest BCUT2D eigenvalue weighted by molar-refractivity contribution is -0.121. The topological polar surface area (TPSA) is 62.2 Å². The molecular formula is C18H22N2O2. The van der Waals surface area contributed by atoms with Gasteiger partial charge in [0.05, 0.1) is 6.10 Å². The number of aliphatic hydroxyl groups excluding tert-OH is 1. The highest BCUT2D eigenvalue weighted by Gasteiger charge is 2.09. The maximum absolute atomic E-state index is 11.8. The van der Waals surface area contributed by atoms with Gasteiger partial charge in [0.15, 0.2) is 0 Å². The van der Waals surface area contributed by atoms with Crippen LogP contribution in [0.4, 0.5) is 0 Å². The van der Waals surface area contributed by atoms with Crippen molar-refractivity contribution >= 4 is 5.91 Å². The first-order valence-corrected chi connectivity index (χ1v) is 7.61. The summed E-state index contributed by atoms with van der Waals surface area (Å²) in [5.74, 6) is -0.0484. The molecule has 1 amide bonds. The van der Waals surface area contributed by atoms with Gasteiger partial charge in [-0.05, 0) is 41.7 Å². The molecule has 0 fully saturated rings. The minimum absolute atomic E-state index is 0.0484. The Kier molecular flexibility index (Phi) is 6.10. The van der Waals surface area contributed by atoms with Gasteiger partial charge >= 0.3 is 0 Å². The number of aliphatic hydroxyl groups is 1. The summed E-state index contributed by atoms with van der Waals surface area (Å²) in [4.78, 5) is 15.7. The molecule has 2 rings (SSSR count). The standard InChI is InChI=1S/C18H22N2O2/c1-2-14-3-5-15(6-4-14)7-8-18(22)20-13-17(21)16-9-11-19-12-10-16/h3-6,9-12,17,21H,2,7-8,13H2,1H3,(H,20,22)/t17-/m1/s1. The summed E-state index contributed by atoms with van der Waals surface area (Å²) in [7, 11) is 0. The molecule has 1 atom stereocenters. The van der Waals surface area contributed by atoms with E-state index in [-0.39, 0.29) is 12.5 Å². The smallest absolute Gasteiger partial charge is 0.220 e. The third-order valence-corrected chi connectivity index (χ3v) is 3.66. The summed E-state index contributed by atoms with van der Waals surface area (Å²) in [6.07, 6.45) is 4.71. The maximum Gasteiger partial charge on any atom is 0.220 e. The number of aryl methyl sites for hydroxylation is 2. The Morgan fingerprint density at radius 3 is 2.41 bits per heavy atom. The summed E-state index contributed by atoms with van der Waals surface area (Å²) < 4.78 is 0. The van der Waals surface area contributed by atoms with Crippen LogP contribution < -0.4 is 5.32 Å². The number of hydrogen-bond donors (Lipinski definition) is 2. The molecule has 2 aromatic rings. The van der Waals surface area contributed by atoms with Crippen LogP contribution in [0.3, 0.4) is 0 Å². The van der Waals surface area contributed by atoms with Crippen molar-refractivity contribution in [3.05, 3.63) is 65.5 Å². The van der Waals surface area contributed by atoms with Crippen LogP contribution in [0.1, 0.15) is 36.1 Å². The predicted octanol–water partition coefficient (Wildman–Crippen LogP) is 2.43. The second-order valence-corrected chi connectivity index (χ2v) is 5.27. The predicted molar refractivity (Wildman–Crippen MR) is 86.3 cm³/mol. The molecule has 4 heteroatoms. The number of pyridine rings is 1. The highest BCUT2D eigenvalue weighted by atomic mass is 16.3. The first kappa shape index (κ1) is 16.2.